The van der Waals surface area contributed by atoms with Gasteiger partial charge in [-0.25, -0.2) is 0 Å². The van der Waals surface area contributed by atoms with Crippen LogP contribution in [-0.2, 0) is 13.0 Å². The minimum Gasteiger partial charge on any atom is -0.342 e. The highest BCUT2D eigenvalue weighted by Gasteiger charge is 2.15. The van der Waals surface area contributed by atoms with Gasteiger partial charge in [-0.15, -0.1) is 0 Å². The summed E-state index contributed by atoms with van der Waals surface area (Å²) in [5.41, 5.74) is 1.64. The Morgan fingerprint density at radius 1 is 1.53 bits per heavy atom. The van der Waals surface area contributed by atoms with Gasteiger partial charge in [0.15, 0.2) is 0 Å². The Kier molecular flexibility index (Phi) is 4.42. The second-order valence-corrected chi connectivity index (χ2v) is 5.23. The number of aryl methyl sites for hydroxylation is 2. The van der Waals surface area contributed by atoms with Crippen molar-refractivity contribution in [1.29, 1.82) is 0 Å². The number of nitrogens with one attached hydrogen (secondary N) is 2. The number of hydrogen-bond donors (Lipinski definition) is 2. The monoisotopic (exact) mass is 324 g/mol. The molecule has 0 aliphatic rings. The SMILES string of the molecule is CCCn1cc(Br)cc1C(=O)Nc1[nH]ncc1CC. The van der Waals surface area contributed by atoms with Gasteiger partial charge in [0.1, 0.15) is 11.5 Å². The van der Waals surface area contributed by atoms with Gasteiger partial charge in [-0.05, 0) is 34.8 Å². The zero-order valence-electron chi connectivity index (χ0n) is 11.0. The second-order valence-electron chi connectivity index (χ2n) is 4.31. The minimum atomic E-state index is -0.127. The molecule has 102 valence electrons. The van der Waals surface area contributed by atoms with Gasteiger partial charge in [-0.1, -0.05) is 13.8 Å². The Morgan fingerprint density at radius 2 is 2.32 bits per heavy atom. The molecule has 0 aromatic carbocycles. The molecule has 2 rings (SSSR count). The van der Waals surface area contributed by atoms with Crippen molar-refractivity contribution in [3.63, 3.8) is 0 Å². The fraction of sp³-hybridized carbons (Fsp3) is 0.385. The second kappa shape index (κ2) is 6.06. The number of aromatic amines is 1. The molecule has 0 spiro atoms. The van der Waals surface area contributed by atoms with E-state index in [2.05, 4.69) is 38.4 Å². The predicted octanol–water partition coefficient (Wildman–Crippen LogP) is 3.20. The first-order valence-electron chi connectivity index (χ1n) is 6.35. The quantitative estimate of drug-likeness (QED) is 0.887. The molecule has 0 aliphatic heterocycles. The lowest BCUT2D eigenvalue weighted by Crippen LogP contribution is -2.17. The highest BCUT2D eigenvalue weighted by molar-refractivity contribution is 9.10. The number of amides is 1. The Balaban J connectivity index is 2.20. The molecule has 0 radical (unpaired) electrons. The van der Waals surface area contributed by atoms with Gasteiger partial charge >= 0.3 is 0 Å². The maximum Gasteiger partial charge on any atom is 0.273 e. The molecule has 19 heavy (non-hydrogen) atoms. The molecule has 0 saturated heterocycles. The van der Waals surface area contributed by atoms with Crippen LogP contribution in [0.25, 0.3) is 0 Å². The maximum atomic E-state index is 12.3. The molecule has 0 atom stereocenters. The molecule has 6 heteroatoms. The normalized spacial score (nSPS) is 10.7. The number of halogens is 1. The van der Waals surface area contributed by atoms with Crippen molar-refractivity contribution >= 4 is 27.7 Å². The Bertz CT molecular complexity index is 573. The van der Waals surface area contributed by atoms with E-state index in [0.29, 0.717) is 11.5 Å². The van der Waals surface area contributed by atoms with E-state index in [1.807, 2.05) is 23.8 Å². The van der Waals surface area contributed by atoms with Crippen LogP contribution in [0.5, 0.6) is 0 Å². The summed E-state index contributed by atoms with van der Waals surface area (Å²) in [7, 11) is 0. The van der Waals surface area contributed by atoms with Gasteiger partial charge in [0.25, 0.3) is 5.91 Å². The average molecular weight is 325 g/mol. The van der Waals surface area contributed by atoms with Crippen molar-refractivity contribution < 1.29 is 4.79 Å². The van der Waals surface area contributed by atoms with Gasteiger partial charge < -0.3 is 9.88 Å². The van der Waals surface area contributed by atoms with Crippen LogP contribution in [-0.4, -0.2) is 20.7 Å². The van der Waals surface area contributed by atoms with Crippen LogP contribution < -0.4 is 5.32 Å². The summed E-state index contributed by atoms with van der Waals surface area (Å²) >= 11 is 3.41. The molecule has 5 nitrogen and oxygen atoms in total. The molecule has 0 bridgehead atoms. The number of nitrogens with zero attached hydrogens (tertiary/aromatic N) is 2. The van der Waals surface area contributed by atoms with Crippen molar-refractivity contribution in [2.24, 2.45) is 0 Å². The number of rotatable bonds is 5. The molecule has 2 N–H and O–H groups in total. The molecule has 0 unspecified atom stereocenters. The van der Waals surface area contributed by atoms with Gasteiger partial charge in [0, 0.05) is 22.8 Å². The average Bonchev–Trinajstić information content (AvgIpc) is 2.96. The summed E-state index contributed by atoms with van der Waals surface area (Å²) in [6.07, 6.45) is 5.46. The van der Waals surface area contributed by atoms with Gasteiger partial charge in [-0.3, -0.25) is 9.89 Å². The zero-order chi connectivity index (χ0) is 13.8. The third kappa shape index (κ3) is 3.07. The number of anilines is 1. The van der Waals surface area contributed by atoms with Crippen molar-refractivity contribution in [1.82, 2.24) is 14.8 Å². The molecular formula is C13H17BrN4O. The largest absolute Gasteiger partial charge is 0.342 e. The lowest BCUT2D eigenvalue weighted by atomic mass is 10.2. The van der Waals surface area contributed by atoms with Crippen LogP contribution in [0.2, 0.25) is 0 Å². The number of carbonyl (C=O) groups is 1. The van der Waals surface area contributed by atoms with Crippen LogP contribution in [0.1, 0.15) is 36.3 Å². The number of hydrogen-bond acceptors (Lipinski definition) is 2. The van der Waals surface area contributed by atoms with Crippen LogP contribution in [0, 0.1) is 0 Å². The molecule has 0 aliphatic carbocycles. The van der Waals surface area contributed by atoms with Crippen molar-refractivity contribution in [2.75, 3.05) is 5.32 Å². The lowest BCUT2D eigenvalue weighted by molar-refractivity contribution is 0.101. The summed E-state index contributed by atoms with van der Waals surface area (Å²) in [4.78, 5) is 12.3. The minimum absolute atomic E-state index is 0.127. The number of carbonyl (C=O) groups excluding carboxylic acids is 1. The van der Waals surface area contributed by atoms with E-state index < -0.39 is 0 Å². The van der Waals surface area contributed by atoms with Crippen LogP contribution in [0.4, 0.5) is 5.82 Å². The summed E-state index contributed by atoms with van der Waals surface area (Å²) in [5, 5.41) is 9.63. The fourth-order valence-electron chi connectivity index (χ4n) is 1.96. The van der Waals surface area contributed by atoms with E-state index in [1.165, 1.54) is 0 Å². The smallest absolute Gasteiger partial charge is 0.273 e. The van der Waals surface area contributed by atoms with E-state index in [1.54, 1.807) is 6.20 Å². The summed E-state index contributed by atoms with van der Waals surface area (Å²) in [6.45, 7) is 4.93. The van der Waals surface area contributed by atoms with Crippen molar-refractivity contribution in [2.45, 2.75) is 33.2 Å². The Morgan fingerprint density at radius 3 is 3.00 bits per heavy atom. The fourth-order valence-corrected chi connectivity index (χ4v) is 2.42. The standard InChI is InChI=1S/C13H17BrN4O/c1-3-5-18-8-10(14)6-11(18)13(19)16-12-9(4-2)7-15-17-12/h6-8H,3-5H2,1-2H3,(H2,15,16,17,19). The van der Waals surface area contributed by atoms with E-state index in [0.717, 1.165) is 29.4 Å². The van der Waals surface area contributed by atoms with E-state index in [9.17, 15) is 4.79 Å². The summed E-state index contributed by atoms with van der Waals surface area (Å²) < 4.78 is 2.85. The van der Waals surface area contributed by atoms with Crippen molar-refractivity contribution in [3.05, 3.63) is 34.2 Å². The van der Waals surface area contributed by atoms with Gasteiger partial charge in [0.2, 0.25) is 0 Å². The molecule has 2 heterocycles. The van der Waals surface area contributed by atoms with E-state index >= 15 is 0 Å². The molecule has 0 fully saturated rings. The summed E-state index contributed by atoms with van der Waals surface area (Å²) in [5.74, 6) is 0.547. The lowest BCUT2D eigenvalue weighted by Gasteiger charge is -2.08. The highest BCUT2D eigenvalue weighted by Crippen LogP contribution is 2.18. The summed E-state index contributed by atoms with van der Waals surface area (Å²) in [6, 6.07) is 1.83. The molecular weight excluding hydrogens is 308 g/mol. The first-order chi connectivity index (χ1) is 9.15. The van der Waals surface area contributed by atoms with E-state index in [4.69, 9.17) is 0 Å². The van der Waals surface area contributed by atoms with Crippen LogP contribution >= 0.6 is 15.9 Å². The Labute approximate surface area is 120 Å². The highest BCUT2D eigenvalue weighted by atomic mass is 79.9. The molecule has 2 aromatic rings. The molecule has 2 aromatic heterocycles. The van der Waals surface area contributed by atoms with Gasteiger partial charge in [-0.2, -0.15) is 5.10 Å². The number of H-pyrrole nitrogens is 1. The first-order valence-corrected chi connectivity index (χ1v) is 7.14. The molecule has 1 amide bonds. The van der Waals surface area contributed by atoms with Crippen LogP contribution in [0.15, 0.2) is 22.9 Å². The topological polar surface area (TPSA) is 62.7 Å². The first kappa shape index (κ1) is 13.9. The zero-order valence-corrected chi connectivity index (χ0v) is 12.6. The third-order valence-electron chi connectivity index (χ3n) is 2.90. The maximum absolute atomic E-state index is 12.3. The van der Waals surface area contributed by atoms with Crippen molar-refractivity contribution in [3.8, 4) is 0 Å². The predicted molar refractivity (Wildman–Crippen MR) is 78.3 cm³/mol. The molecule has 0 saturated carbocycles. The third-order valence-corrected chi connectivity index (χ3v) is 3.33. The Hall–Kier alpha value is -1.56. The van der Waals surface area contributed by atoms with E-state index in [-0.39, 0.29) is 5.91 Å². The number of aromatic nitrogens is 3. The van der Waals surface area contributed by atoms with Gasteiger partial charge in [0.05, 0.1) is 6.20 Å². The van der Waals surface area contributed by atoms with Crippen LogP contribution in [0.3, 0.4) is 0 Å².